The number of hydrogen-bond donors (Lipinski definition) is 2. The van der Waals surface area contributed by atoms with Crippen molar-refractivity contribution in [2.24, 2.45) is 0 Å². The molecule has 2 rings (SSSR count). The molecule has 1 aromatic rings. The first-order valence-corrected chi connectivity index (χ1v) is 8.43. The molecule has 1 aliphatic heterocycles. The Bertz CT molecular complexity index is 473. The molecule has 1 aliphatic rings. The number of rotatable bonds is 7. The van der Waals surface area contributed by atoms with Gasteiger partial charge in [-0.25, -0.2) is 0 Å². The molecule has 22 heavy (non-hydrogen) atoms. The van der Waals surface area contributed by atoms with Gasteiger partial charge in [0.2, 0.25) is 5.91 Å². The zero-order valence-corrected chi connectivity index (χ0v) is 13.7. The molecule has 4 nitrogen and oxygen atoms in total. The normalized spacial score (nSPS) is 16.6. The molecule has 1 saturated heterocycles. The molecule has 122 valence electrons. The van der Waals surface area contributed by atoms with Crippen LogP contribution in [0.5, 0.6) is 0 Å². The van der Waals surface area contributed by atoms with Crippen molar-refractivity contribution in [2.45, 2.75) is 38.2 Å². The summed E-state index contributed by atoms with van der Waals surface area (Å²) in [7, 11) is 0. The lowest BCUT2D eigenvalue weighted by Crippen LogP contribution is -2.37. The summed E-state index contributed by atoms with van der Waals surface area (Å²) in [5.74, 6) is 0.0778. The summed E-state index contributed by atoms with van der Waals surface area (Å²) in [6, 6.07) is 7.64. The average Bonchev–Trinajstić information content (AvgIpc) is 2.52. The van der Waals surface area contributed by atoms with Gasteiger partial charge < -0.3 is 15.3 Å². The summed E-state index contributed by atoms with van der Waals surface area (Å²) in [5.41, 5.74) is 1.02. The third kappa shape index (κ3) is 5.95. The van der Waals surface area contributed by atoms with Gasteiger partial charge in [0, 0.05) is 31.1 Å². The van der Waals surface area contributed by atoms with Crippen molar-refractivity contribution in [3.05, 3.63) is 34.9 Å². The molecule has 1 heterocycles. The summed E-state index contributed by atoms with van der Waals surface area (Å²) < 4.78 is 0. The Balaban J connectivity index is 1.55. The zero-order chi connectivity index (χ0) is 15.8. The summed E-state index contributed by atoms with van der Waals surface area (Å²) in [6.07, 6.45) is 3.71. The van der Waals surface area contributed by atoms with Crippen molar-refractivity contribution in [1.82, 2.24) is 10.2 Å². The van der Waals surface area contributed by atoms with E-state index < -0.39 is 0 Å². The quantitative estimate of drug-likeness (QED) is 0.756. The van der Waals surface area contributed by atoms with Gasteiger partial charge in [-0.3, -0.25) is 4.79 Å². The van der Waals surface area contributed by atoms with E-state index in [-0.39, 0.29) is 12.0 Å². The average molecular weight is 325 g/mol. The molecule has 0 spiro atoms. The molecule has 1 aromatic carbocycles. The number of carbonyl (C=O) groups is 1. The highest BCUT2D eigenvalue weighted by Crippen LogP contribution is 2.16. The smallest absolute Gasteiger partial charge is 0.220 e. The van der Waals surface area contributed by atoms with Crippen molar-refractivity contribution in [3.8, 4) is 0 Å². The number of carbonyl (C=O) groups excluding carboxylic acids is 1. The fraction of sp³-hybridized carbons (Fsp3) is 0.588. The highest BCUT2D eigenvalue weighted by molar-refractivity contribution is 6.31. The van der Waals surface area contributed by atoms with Gasteiger partial charge in [-0.2, -0.15) is 0 Å². The van der Waals surface area contributed by atoms with Crippen LogP contribution in [0.25, 0.3) is 0 Å². The Morgan fingerprint density at radius 3 is 2.77 bits per heavy atom. The summed E-state index contributed by atoms with van der Waals surface area (Å²) in [4.78, 5) is 14.2. The minimum atomic E-state index is -0.124. The van der Waals surface area contributed by atoms with Gasteiger partial charge in [0.15, 0.2) is 0 Å². The number of nitrogens with one attached hydrogen (secondary N) is 1. The van der Waals surface area contributed by atoms with E-state index in [1.54, 1.807) is 0 Å². The van der Waals surface area contributed by atoms with E-state index in [4.69, 9.17) is 11.6 Å². The minimum absolute atomic E-state index is 0.0778. The van der Waals surface area contributed by atoms with Gasteiger partial charge in [-0.1, -0.05) is 29.8 Å². The summed E-state index contributed by atoms with van der Waals surface area (Å²) in [6.45, 7) is 3.61. The van der Waals surface area contributed by atoms with E-state index in [9.17, 15) is 9.90 Å². The van der Waals surface area contributed by atoms with Crippen LogP contribution in [0.2, 0.25) is 5.02 Å². The lowest BCUT2D eigenvalue weighted by atomic mass is 10.1. The van der Waals surface area contributed by atoms with Gasteiger partial charge in [0.05, 0.1) is 6.10 Å². The molecule has 0 bridgehead atoms. The predicted molar refractivity (Wildman–Crippen MR) is 89.1 cm³/mol. The Kier molecular flexibility index (Phi) is 7.16. The molecule has 0 atom stereocenters. The number of aliphatic hydroxyl groups is 1. The van der Waals surface area contributed by atoms with Crippen LogP contribution in [0, 0.1) is 0 Å². The van der Waals surface area contributed by atoms with Gasteiger partial charge in [-0.05, 0) is 43.9 Å². The first-order chi connectivity index (χ1) is 10.6. The molecule has 0 aromatic heterocycles. The van der Waals surface area contributed by atoms with E-state index >= 15 is 0 Å². The molecular formula is C17H25ClN2O2. The van der Waals surface area contributed by atoms with Crippen LogP contribution in [0.4, 0.5) is 0 Å². The number of halogens is 1. The van der Waals surface area contributed by atoms with Crippen LogP contribution in [0.15, 0.2) is 24.3 Å². The van der Waals surface area contributed by atoms with E-state index in [1.807, 2.05) is 24.3 Å². The third-order valence-corrected chi connectivity index (χ3v) is 4.48. The predicted octanol–water partition coefficient (Wildman–Crippen LogP) is 2.24. The number of hydrogen-bond acceptors (Lipinski definition) is 3. The van der Waals surface area contributed by atoms with Crippen molar-refractivity contribution in [2.75, 3.05) is 26.2 Å². The Morgan fingerprint density at radius 2 is 2.05 bits per heavy atom. The van der Waals surface area contributed by atoms with Crippen molar-refractivity contribution < 1.29 is 9.90 Å². The number of aryl methyl sites for hydroxylation is 1. The number of piperidine rings is 1. The van der Waals surface area contributed by atoms with Crippen molar-refractivity contribution in [1.29, 1.82) is 0 Å². The van der Waals surface area contributed by atoms with Crippen molar-refractivity contribution >= 4 is 17.5 Å². The maximum absolute atomic E-state index is 11.8. The Morgan fingerprint density at radius 1 is 1.32 bits per heavy atom. The van der Waals surface area contributed by atoms with E-state index in [0.29, 0.717) is 19.4 Å². The molecule has 0 radical (unpaired) electrons. The topological polar surface area (TPSA) is 52.6 Å². The van der Waals surface area contributed by atoms with Crippen LogP contribution in [0.3, 0.4) is 0 Å². The second kappa shape index (κ2) is 9.13. The molecule has 2 N–H and O–H groups in total. The standard InChI is InChI=1S/C17H25ClN2O2/c18-16-5-2-1-4-14(16)6-7-17(22)19-10-3-11-20-12-8-15(21)9-13-20/h1-2,4-5,15,21H,3,6-13H2,(H,19,22). The Hall–Kier alpha value is -1.10. The van der Waals surface area contributed by atoms with E-state index in [0.717, 1.165) is 49.5 Å². The summed E-state index contributed by atoms with van der Waals surface area (Å²) >= 11 is 6.08. The van der Waals surface area contributed by atoms with E-state index in [2.05, 4.69) is 10.2 Å². The Labute approximate surface area is 137 Å². The first kappa shape index (κ1) is 17.3. The molecule has 0 unspecified atom stereocenters. The number of amides is 1. The molecule has 1 amide bonds. The van der Waals surface area contributed by atoms with Gasteiger partial charge in [-0.15, -0.1) is 0 Å². The molecule has 0 saturated carbocycles. The highest BCUT2D eigenvalue weighted by atomic mass is 35.5. The van der Waals surface area contributed by atoms with Crippen LogP contribution in [0.1, 0.15) is 31.2 Å². The van der Waals surface area contributed by atoms with Crippen LogP contribution < -0.4 is 5.32 Å². The van der Waals surface area contributed by atoms with Crippen molar-refractivity contribution in [3.63, 3.8) is 0 Å². The number of nitrogens with zero attached hydrogens (tertiary/aromatic N) is 1. The van der Waals surface area contributed by atoms with Crippen LogP contribution in [-0.4, -0.2) is 48.2 Å². The molecular weight excluding hydrogens is 300 g/mol. The van der Waals surface area contributed by atoms with Crippen LogP contribution >= 0.6 is 11.6 Å². The lowest BCUT2D eigenvalue weighted by molar-refractivity contribution is -0.121. The molecule has 1 fully saturated rings. The monoisotopic (exact) mass is 324 g/mol. The van der Waals surface area contributed by atoms with Gasteiger partial charge >= 0.3 is 0 Å². The second-order valence-electron chi connectivity index (χ2n) is 5.87. The number of aliphatic hydroxyl groups excluding tert-OH is 1. The van der Waals surface area contributed by atoms with Crippen LogP contribution in [-0.2, 0) is 11.2 Å². The maximum Gasteiger partial charge on any atom is 0.220 e. The highest BCUT2D eigenvalue weighted by Gasteiger charge is 2.16. The van der Waals surface area contributed by atoms with E-state index in [1.165, 1.54) is 0 Å². The zero-order valence-electron chi connectivity index (χ0n) is 12.9. The third-order valence-electron chi connectivity index (χ3n) is 4.11. The first-order valence-electron chi connectivity index (χ1n) is 8.05. The SMILES string of the molecule is O=C(CCc1ccccc1Cl)NCCCN1CCC(O)CC1. The van der Waals surface area contributed by atoms with Gasteiger partial charge in [0.25, 0.3) is 0 Å². The molecule has 0 aliphatic carbocycles. The van der Waals surface area contributed by atoms with Gasteiger partial charge in [0.1, 0.15) is 0 Å². The molecule has 5 heteroatoms. The minimum Gasteiger partial charge on any atom is -0.393 e. The maximum atomic E-state index is 11.8. The fourth-order valence-electron chi connectivity index (χ4n) is 2.71. The second-order valence-corrected chi connectivity index (χ2v) is 6.27. The lowest BCUT2D eigenvalue weighted by Gasteiger charge is -2.29. The summed E-state index contributed by atoms with van der Waals surface area (Å²) in [5, 5.41) is 13.1. The fourth-order valence-corrected chi connectivity index (χ4v) is 2.94. The number of likely N-dealkylation sites (tertiary alicyclic amines) is 1. The number of benzene rings is 1. The largest absolute Gasteiger partial charge is 0.393 e.